The van der Waals surface area contributed by atoms with Gasteiger partial charge in [0.1, 0.15) is 33.1 Å². The smallest absolute Gasteiger partial charge is 0.146 e. The van der Waals surface area contributed by atoms with Crippen LogP contribution >= 0.6 is 15.9 Å². The van der Waals surface area contributed by atoms with Crippen molar-refractivity contribution in [2.75, 3.05) is 19.0 Å². The van der Waals surface area contributed by atoms with Gasteiger partial charge in [-0.2, -0.15) is 5.26 Å². The Labute approximate surface area is 227 Å². The van der Waals surface area contributed by atoms with E-state index in [4.69, 9.17) is 0 Å². The largest absolute Gasteiger partial charge is 0.249 e. The Morgan fingerprint density at radius 3 is 2.36 bits per heavy atom. The van der Waals surface area contributed by atoms with Gasteiger partial charge in [0.2, 0.25) is 0 Å². The number of halogens is 3. The first kappa shape index (κ1) is 31.5. The number of hydrogen-bond acceptors (Lipinski definition) is 5. The molecule has 0 spiro atoms. The van der Waals surface area contributed by atoms with E-state index in [-0.39, 0.29) is 12.2 Å². The van der Waals surface area contributed by atoms with Crippen molar-refractivity contribution in [3.8, 4) is 6.07 Å². The van der Waals surface area contributed by atoms with Gasteiger partial charge in [0.25, 0.3) is 0 Å². The van der Waals surface area contributed by atoms with Gasteiger partial charge in [0.05, 0.1) is 45.4 Å². The van der Waals surface area contributed by atoms with Crippen LogP contribution in [-0.4, -0.2) is 49.9 Å². The predicted octanol–water partition coefficient (Wildman–Crippen LogP) is 5.46. The lowest BCUT2D eigenvalue weighted by atomic mass is 9.99. The highest BCUT2D eigenvalue weighted by molar-refractivity contribution is 9.10. The fourth-order valence-electron chi connectivity index (χ4n) is 4.72. The minimum Gasteiger partial charge on any atom is -0.249 e. The van der Waals surface area contributed by atoms with Gasteiger partial charge in [0, 0.05) is 6.54 Å². The molecule has 1 unspecified atom stereocenters. The summed E-state index contributed by atoms with van der Waals surface area (Å²) < 4.78 is 64.8. The van der Waals surface area contributed by atoms with Crippen LogP contribution in [0.1, 0.15) is 67.0 Å². The van der Waals surface area contributed by atoms with Crippen LogP contribution in [0.5, 0.6) is 0 Å². The van der Waals surface area contributed by atoms with E-state index in [0.717, 1.165) is 18.1 Å². The van der Waals surface area contributed by atoms with E-state index >= 15 is 8.78 Å². The summed E-state index contributed by atoms with van der Waals surface area (Å²) in [6.45, 7) is 11.8. The third-order valence-electron chi connectivity index (χ3n) is 7.55. The van der Waals surface area contributed by atoms with Gasteiger partial charge in [0.15, 0.2) is 0 Å². The molecule has 2 rings (SSSR count). The zero-order valence-electron chi connectivity index (χ0n) is 22.3. The maximum absolute atomic E-state index is 16.5. The van der Waals surface area contributed by atoms with Crippen molar-refractivity contribution >= 4 is 49.9 Å². The predicted molar refractivity (Wildman–Crippen MR) is 151 cm³/mol. The summed E-state index contributed by atoms with van der Waals surface area (Å²) in [4.78, 5) is 4.38. The number of nitrogens with zero attached hydrogens (tertiary/aromatic N) is 3. The fourth-order valence-corrected chi connectivity index (χ4v) is 12.7. The Hall–Kier alpha value is -0.743. The molecule has 12 heteroatoms. The van der Waals surface area contributed by atoms with Crippen molar-refractivity contribution < 1.29 is 17.2 Å². The van der Waals surface area contributed by atoms with Crippen molar-refractivity contribution in [3.05, 3.63) is 22.2 Å². The lowest BCUT2D eigenvalue weighted by Gasteiger charge is -2.39. The van der Waals surface area contributed by atoms with E-state index in [1.165, 1.54) is 0 Å². The van der Waals surface area contributed by atoms with Crippen molar-refractivity contribution in [2.45, 2.75) is 94.5 Å². The molecule has 204 valence electrons. The second-order valence-electron chi connectivity index (χ2n) is 10.8. The zero-order chi connectivity index (χ0) is 27.6. The van der Waals surface area contributed by atoms with Gasteiger partial charge < -0.3 is 0 Å². The van der Waals surface area contributed by atoms with Gasteiger partial charge in [-0.3, -0.25) is 0 Å². The van der Waals surface area contributed by atoms with Crippen molar-refractivity contribution in [1.29, 1.82) is 5.26 Å². The van der Waals surface area contributed by atoms with Crippen molar-refractivity contribution in [2.24, 2.45) is 4.36 Å². The molecule has 1 aromatic heterocycles. The van der Waals surface area contributed by atoms with E-state index in [0.29, 0.717) is 22.6 Å². The van der Waals surface area contributed by atoms with Crippen LogP contribution in [0.4, 0.5) is 8.78 Å². The van der Waals surface area contributed by atoms with E-state index < -0.39 is 62.1 Å². The summed E-state index contributed by atoms with van der Waals surface area (Å²) in [5, 5.41) is 10.4. The molecule has 0 aromatic carbocycles. The molecule has 0 bridgehead atoms. The number of rotatable bonds is 10. The van der Waals surface area contributed by atoms with Gasteiger partial charge >= 0.3 is 0 Å². The van der Waals surface area contributed by atoms with E-state index in [9.17, 15) is 13.7 Å². The van der Waals surface area contributed by atoms with Gasteiger partial charge in [-0.15, -0.1) is 0 Å². The first-order valence-electron chi connectivity index (χ1n) is 12.4. The highest BCUT2D eigenvalue weighted by atomic mass is 79.9. The highest BCUT2D eigenvalue weighted by Crippen LogP contribution is 2.37. The summed E-state index contributed by atoms with van der Waals surface area (Å²) in [5.41, 5.74) is -2.27. The first-order chi connectivity index (χ1) is 16.6. The summed E-state index contributed by atoms with van der Waals surface area (Å²) in [5.74, 6) is -1.16. The molecule has 0 saturated carbocycles. The Morgan fingerprint density at radius 2 is 1.89 bits per heavy atom. The van der Waals surface area contributed by atoms with E-state index in [1.54, 1.807) is 33.8 Å². The maximum Gasteiger partial charge on any atom is 0.146 e. The van der Waals surface area contributed by atoms with Gasteiger partial charge in [-0.25, -0.2) is 31.3 Å². The van der Waals surface area contributed by atoms with E-state index in [2.05, 4.69) is 36.1 Å². The van der Waals surface area contributed by atoms with Crippen LogP contribution < -0.4 is 9.91 Å². The van der Waals surface area contributed by atoms with Crippen molar-refractivity contribution in [1.82, 2.24) is 9.71 Å². The van der Waals surface area contributed by atoms with Crippen LogP contribution in [0.3, 0.4) is 0 Å². The Kier molecular flexibility index (Phi) is 10.1. The molecule has 6 nitrogen and oxygen atoms in total. The third kappa shape index (κ3) is 5.80. The van der Waals surface area contributed by atoms with Crippen LogP contribution in [0.25, 0.3) is 0 Å². The van der Waals surface area contributed by atoms with Gasteiger partial charge in [-0.1, -0.05) is 38.9 Å². The fraction of sp³-hybridized carbons (Fsp3) is 0.750. The molecule has 2 heterocycles. The summed E-state index contributed by atoms with van der Waals surface area (Å²) in [6, 6.07) is 6.17. The average molecular weight is 626 g/mol. The Balaban J connectivity index is 2.93. The minimum atomic E-state index is -3.37. The molecule has 1 N–H and O–H groups in total. The molecular formula is C24H39BrF2N4O2S2Si. The summed E-state index contributed by atoms with van der Waals surface area (Å²) in [6.07, 6.45) is 0.907. The molecular weight excluding hydrogens is 586 g/mol. The number of alkyl halides is 1. The molecule has 1 aliphatic heterocycles. The number of nitriles is 1. The molecule has 1 aromatic rings. The summed E-state index contributed by atoms with van der Waals surface area (Å²) in [7, 11) is -7.52. The Morgan fingerprint density at radius 1 is 1.31 bits per heavy atom. The minimum absolute atomic E-state index is 0.261. The maximum atomic E-state index is 16.5. The van der Waals surface area contributed by atoms with Crippen LogP contribution in [0.15, 0.2) is 15.0 Å². The lowest BCUT2D eigenvalue weighted by molar-refractivity contribution is 0.297. The monoisotopic (exact) mass is 624 g/mol. The van der Waals surface area contributed by atoms with Gasteiger partial charge in [-0.05, 0) is 67.7 Å². The normalized spacial score (nSPS) is 25.5. The highest BCUT2D eigenvalue weighted by Gasteiger charge is 2.50. The standard InChI is InChI=1S/C24H39BrF2N4O2S2Si/c1-8-36(9-2,10-3)18-14-19(25)30-21(20(18)27)24(15-26,31-34(32)22(4,5)6)17-35(33)23(7,16-28)12-11-13-29-35/h14,31H,8-13,15,17H2,1-7H3/t23-,24-,34+,35?/m0/s1. The van der Waals surface area contributed by atoms with E-state index in [1.807, 2.05) is 20.8 Å². The molecule has 0 aliphatic carbocycles. The quantitative estimate of drug-likeness (QED) is 0.276. The number of hydrogen-bond donors (Lipinski definition) is 1. The molecule has 4 atom stereocenters. The first-order valence-corrected chi connectivity index (χ1v) is 18.6. The van der Waals surface area contributed by atoms with Crippen LogP contribution in [-0.2, 0) is 26.3 Å². The second kappa shape index (κ2) is 11.6. The molecule has 0 amide bonds. The SMILES string of the molecule is CC[Si](CC)(CC)c1cc(Br)nc([C@](CF)(CS2(=O)=NCCC[C@@]2(C)C#N)N[S@](=O)C(C)(C)C)c1F. The lowest BCUT2D eigenvalue weighted by Crippen LogP contribution is -2.58. The average Bonchev–Trinajstić information content (AvgIpc) is 2.83. The summed E-state index contributed by atoms with van der Waals surface area (Å²) >= 11 is 3.40. The molecule has 0 fully saturated rings. The molecule has 1 aliphatic rings. The van der Waals surface area contributed by atoms with Crippen LogP contribution in [0, 0.1) is 17.1 Å². The molecule has 0 saturated heterocycles. The Bertz CT molecular complexity index is 1150. The van der Waals surface area contributed by atoms with Crippen LogP contribution in [0.2, 0.25) is 18.1 Å². The number of pyridine rings is 1. The zero-order valence-corrected chi connectivity index (χ0v) is 26.6. The number of aromatic nitrogens is 1. The molecule has 0 radical (unpaired) electrons. The molecule has 36 heavy (non-hydrogen) atoms. The third-order valence-corrected chi connectivity index (χ3v) is 18.4. The second-order valence-corrected chi connectivity index (χ2v) is 21.5. The number of nitrogens with one attached hydrogen (secondary N) is 1. The topological polar surface area (TPSA) is 95.2 Å². The van der Waals surface area contributed by atoms with Crippen molar-refractivity contribution in [3.63, 3.8) is 0 Å².